The van der Waals surface area contributed by atoms with E-state index < -0.39 is 0 Å². The number of nitriles is 1. The highest BCUT2D eigenvalue weighted by molar-refractivity contribution is 9.10. The maximum atomic E-state index is 8.91. The van der Waals surface area contributed by atoms with Gasteiger partial charge in [-0.3, -0.25) is 0 Å². The Bertz CT molecular complexity index is 408. The molecule has 1 saturated heterocycles. The first-order valence-electron chi connectivity index (χ1n) is 4.80. The fourth-order valence-electron chi connectivity index (χ4n) is 1.69. The molecule has 1 aromatic rings. The van der Waals surface area contributed by atoms with Gasteiger partial charge >= 0.3 is 0 Å². The van der Waals surface area contributed by atoms with Crippen molar-refractivity contribution in [2.24, 2.45) is 5.92 Å². The summed E-state index contributed by atoms with van der Waals surface area (Å²) in [6, 6.07) is 7.82. The van der Waals surface area contributed by atoms with Gasteiger partial charge in [-0.15, -0.1) is 0 Å². The van der Waals surface area contributed by atoms with E-state index in [4.69, 9.17) is 10.4 Å². The lowest BCUT2D eigenvalue weighted by Crippen LogP contribution is -2.48. The van der Waals surface area contributed by atoms with Crippen LogP contribution in [0.15, 0.2) is 22.7 Å². The molecule has 0 radical (unpaired) electrons. The molecule has 1 heterocycles. The molecule has 1 aromatic carbocycles. The predicted molar refractivity (Wildman–Crippen MR) is 61.6 cm³/mol. The van der Waals surface area contributed by atoms with Crippen LogP contribution >= 0.6 is 15.9 Å². The molecule has 0 bridgehead atoms. The number of aliphatic hydroxyl groups excluding tert-OH is 1. The number of aliphatic hydroxyl groups is 1. The number of nitrogens with zero attached hydrogens (tertiary/aromatic N) is 2. The molecule has 0 unspecified atom stereocenters. The van der Waals surface area contributed by atoms with Crippen molar-refractivity contribution in [2.75, 3.05) is 24.6 Å². The number of hydrogen-bond donors (Lipinski definition) is 1. The summed E-state index contributed by atoms with van der Waals surface area (Å²) in [5.74, 6) is 0.402. The summed E-state index contributed by atoms with van der Waals surface area (Å²) in [5.41, 5.74) is 1.75. The molecule has 0 aliphatic carbocycles. The molecule has 0 spiro atoms. The highest BCUT2D eigenvalue weighted by Gasteiger charge is 2.26. The van der Waals surface area contributed by atoms with Crippen LogP contribution in [0.25, 0.3) is 0 Å². The van der Waals surface area contributed by atoms with E-state index in [9.17, 15) is 0 Å². The van der Waals surface area contributed by atoms with Crippen LogP contribution in [0.1, 0.15) is 5.56 Å². The largest absolute Gasteiger partial charge is 0.396 e. The normalized spacial score (nSPS) is 15.9. The Hall–Kier alpha value is -1.05. The minimum atomic E-state index is 0.258. The number of anilines is 1. The SMILES string of the molecule is N#Cc1ccc(N2CC(CO)C2)cc1Br. The quantitative estimate of drug-likeness (QED) is 0.888. The topological polar surface area (TPSA) is 47.3 Å². The number of benzene rings is 1. The van der Waals surface area contributed by atoms with Gasteiger partial charge in [-0.25, -0.2) is 0 Å². The van der Waals surface area contributed by atoms with Crippen LogP contribution < -0.4 is 4.90 Å². The first-order chi connectivity index (χ1) is 7.24. The third-order valence-corrected chi connectivity index (χ3v) is 3.31. The summed E-state index contributed by atoms with van der Waals surface area (Å²) in [6.45, 7) is 2.05. The average molecular weight is 267 g/mol. The molecule has 1 N–H and O–H groups in total. The van der Waals surface area contributed by atoms with Crippen molar-refractivity contribution in [3.05, 3.63) is 28.2 Å². The Morgan fingerprint density at radius 1 is 1.53 bits per heavy atom. The lowest BCUT2D eigenvalue weighted by Gasteiger charge is -2.40. The van der Waals surface area contributed by atoms with E-state index in [2.05, 4.69) is 26.9 Å². The van der Waals surface area contributed by atoms with E-state index in [1.165, 1.54) is 0 Å². The minimum Gasteiger partial charge on any atom is -0.396 e. The Balaban J connectivity index is 2.12. The lowest BCUT2D eigenvalue weighted by molar-refractivity contribution is 0.201. The van der Waals surface area contributed by atoms with Gasteiger partial charge in [0.1, 0.15) is 6.07 Å². The molecule has 1 aliphatic heterocycles. The van der Waals surface area contributed by atoms with Crippen LogP contribution in [0.3, 0.4) is 0 Å². The Labute approximate surface area is 97.1 Å². The van der Waals surface area contributed by atoms with Crippen molar-refractivity contribution >= 4 is 21.6 Å². The van der Waals surface area contributed by atoms with Crippen LogP contribution in [0.4, 0.5) is 5.69 Å². The standard InChI is InChI=1S/C11H11BrN2O/c12-11-3-10(2-1-9(11)4-13)14-5-8(6-14)7-15/h1-3,8,15H,5-7H2. The molecule has 15 heavy (non-hydrogen) atoms. The molecular weight excluding hydrogens is 256 g/mol. The van der Waals surface area contributed by atoms with E-state index in [1.54, 1.807) is 0 Å². The number of halogens is 1. The molecular formula is C11H11BrN2O. The molecule has 0 aromatic heterocycles. The smallest absolute Gasteiger partial charge is 0.100 e. The molecule has 3 nitrogen and oxygen atoms in total. The van der Waals surface area contributed by atoms with Crippen LogP contribution in [-0.2, 0) is 0 Å². The lowest BCUT2D eigenvalue weighted by atomic mass is 10.0. The van der Waals surface area contributed by atoms with Crippen LogP contribution in [-0.4, -0.2) is 24.8 Å². The zero-order valence-corrected chi connectivity index (χ0v) is 9.74. The van der Waals surface area contributed by atoms with Gasteiger partial charge in [0.25, 0.3) is 0 Å². The van der Waals surface area contributed by atoms with Gasteiger partial charge < -0.3 is 10.0 Å². The second-order valence-electron chi connectivity index (χ2n) is 3.73. The monoisotopic (exact) mass is 266 g/mol. The van der Waals surface area contributed by atoms with Crippen molar-refractivity contribution in [1.82, 2.24) is 0 Å². The third-order valence-electron chi connectivity index (χ3n) is 2.65. The fourth-order valence-corrected chi connectivity index (χ4v) is 2.14. The van der Waals surface area contributed by atoms with Gasteiger partial charge in [-0.2, -0.15) is 5.26 Å². The fraction of sp³-hybridized carbons (Fsp3) is 0.364. The van der Waals surface area contributed by atoms with E-state index in [0.29, 0.717) is 11.5 Å². The molecule has 0 saturated carbocycles. The highest BCUT2D eigenvalue weighted by atomic mass is 79.9. The zero-order valence-electron chi connectivity index (χ0n) is 8.15. The molecule has 0 atom stereocenters. The summed E-state index contributed by atoms with van der Waals surface area (Å²) in [5, 5.41) is 17.7. The van der Waals surface area contributed by atoms with Gasteiger partial charge in [0.15, 0.2) is 0 Å². The number of hydrogen-bond acceptors (Lipinski definition) is 3. The molecule has 1 aliphatic rings. The molecule has 0 amide bonds. The van der Waals surface area contributed by atoms with Crippen LogP contribution in [0.2, 0.25) is 0 Å². The maximum absolute atomic E-state index is 8.91. The van der Waals surface area contributed by atoms with E-state index >= 15 is 0 Å². The maximum Gasteiger partial charge on any atom is 0.100 e. The van der Waals surface area contributed by atoms with Crippen LogP contribution in [0, 0.1) is 17.2 Å². The van der Waals surface area contributed by atoms with Gasteiger partial charge in [0.05, 0.1) is 5.56 Å². The summed E-state index contributed by atoms with van der Waals surface area (Å²) in [4.78, 5) is 2.19. The van der Waals surface area contributed by atoms with Crippen molar-refractivity contribution < 1.29 is 5.11 Å². The minimum absolute atomic E-state index is 0.258. The van der Waals surface area contributed by atoms with Crippen molar-refractivity contribution in [3.8, 4) is 6.07 Å². The molecule has 4 heteroatoms. The summed E-state index contributed by atoms with van der Waals surface area (Å²) in [7, 11) is 0. The highest BCUT2D eigenvalue weighted by Crippen LogP contribution is 2.28. The van der Waals surface area contributed by atoms with Crippen molar-refractivity contribution in [1.29, 1.82) is 5.26 Å². The zero-order chi connectivity index (χ0) is 10.8. The van der Waals surface area contributed by atoms with E-state index in [1.807, 2.05) is 18.2 Å². The molecule has 78 valence electrons. The first kappa shape index (κ1) is 10.5. The van der Waals surface area contributed by atoms with Crippen LogP contribution in [0.5, 0.6) is 0 Å². The second kappa shape index (κ2) is 4.21. The van der Waals surface area contributed by atoms with Crippen molar-refractivity contribution in [3.63, 3.8) is 0 Å². The summed E-state index contributed by atoms with van der Waals surface area (Å²) < 4.78 is 0.829. The summed E-state index contributed by atoms with van der Waals surface area (Å²) >= 11 is 3.36. The van der Waals surface area contributed by atoms with Gasteiger partial charge in [-0.1, -0.05) is 0 Å². The van der Waals surface area contributed by atoms with Gasteiger partial charge in [-0.05, 0) is 34.1 Å². The molecule has 1 fully saturated rings. The average Bonchev–Trinajstić information content (AvgIpc) is 2.16. The second-order valence-corrected chi connectivity index (χ2v) is 4.58. The summed E-state index contributed by atoms with van der Waals surface area (Å²) in [6.07, 6.45) is 0. The van der Waals surface area contributed by atoms with E-state index in [-0.39, 0.29) is 6.61 Å². The Morgan fingerprint density at radius 3 is 2.80 bits per heavy atom. The van der Waals surface area contributed by atoms with Crippen molar-refractivity contribution in [2.45, 2.75) is 0 Å². The van der Waals surface area contributed by atoms with Gasteiger partial charge in [0, 0.05) is 35.8 Å². The van der Waals surface area contributed by atoms with E-state index in [0.717, 1.165) is 23.2 Å². The number of rotatable bonds is 2. The molecule has 2 rings (SSSR count). The third kappa shape index (κ3) is 1.99. The Morgan fingerprint density at radius 2 is 2.27 bits per heavy atom. The first-order valence-corrected chi connectivity index (χ1v) is 5.59. The van der Waals surface area contributed by atoms with Gasteiger partial charge in [0.2, 0.25) is 0 Å². The predicted octanol–water partition coefficient (Wildman–Crippen LogP) is 1.75. The Kier molecular flexibility index (Phi) is 2.94.